The van der Waals surface area contributed by atoms with Gasteiger partial charge in [-0.05, 0) is 31.9 Å². The maximum absolute atomic E-state index is 12.3. The highest BCUT2D eigenvalue weighted by molar-refractivity contribution is 5.65. The second kappa shape index (κ2) is 6.53. The monoisotopic (exact) mass is 299 g/mol. The molecule has 116 valence electrons. The summed E-state index contributed by atoms with van der Waals surface area (Å²) in [6.07, 6.45) is 1.63. The number of hydrazine groups is 1. The first-order valence-corrected chi connectivity index (χ1v) is 7.18. The third kappa shape index (κ3) is 2.92. The normalized spacial score (nSPS) is 10.5. The molecule has 0 saturated carbocycles. The van der Waals surface area contributed by atoms with Crippen LogP contribution in [0.3, 0.4) is 0 Å². The summed E-state index contributed by atoms with van der Waals surface area (Å²) in [7, 11) is 0. The highest BCUT2D eigenvalue weighted by Gasteiger charge is 2.16. The summed E-state index contributed by atoms with van der Waals surface area (Å²) >= 11 is 0. The van der Waals surface area contributed by atoms with Crippen molar-refractivity contribution >= 4 is 5.95 Å². The van der Waals surface area contributed by atoms with Gasteiger partial charge in [0.15, 0.2) is 0 Å². The Morgan fingerprint density at radius 3 is 2.50 bits per heavy atom. The predicted molar refractivity (Wildman–Crippen MR) is 88.6 cm³/mol. The van der Waals surface area contributed by atoms with Crippen molar-refractivity contribution in [1.29, 1.82) is 0 Å². The minimum absolute atomic E-state index is 0.201. The van der Waals surface area contributed by atoms with E-state index < -0.39 is 0 Å². The fourth-order valence-electron chi connectivity index (χ4n) is 2.41. The highest BCUT2D eigenvalue weighted by Crippen LogP contribution is 2.25. The second-order valence-corrected chi connectivity index (χ2v) is 5.08. The van der Waals surface area contributed by atoms with Crippen LogP contribution in [0.15, 0.2) is 35.6 Å². The lowest BCUT2D eigenvalue weighted by molar-refractivity contribution is 0.676. The van der Waals surface area contributed by atoms with Gasteiger partial charge in [0, 0.05) is 12.1 Å². The average molecular weight is 299 g/mol. The molecule has 0 fully saturated rings. The standard InChI is InChI=1S/C16H21N5O/c1-5-10-21(17)15-18-14(20(6-2)16(22)19-15)13-11(3)8-7-9-12(13)4/h5,7-9H,1,6,10,17H2,2-4H3. The number of hydrogen-bond donors (Lipinski definition) is 1. The van der Waals surface area contributed by atoms with Gasteiger partial charge in [0.1, 0.15) is 5.82 Å². The molecule has 0 unspecified atom stereocenters. The molecule has 6 heteroatoms. The summed E-state index contributed by atoms with van der Waals surface area (Å²) in [5.41, 5.74) is 2.69. The van der Waals surface area contributed by atoms with Gasteiger partial charge in [-0.1, -0.05) is 24.3 Å². The Morgan fingerprint density at radius 1 is 1.32 bits per heavy atom. The van der Waals surface area contributed by atoms with Crippen LogP contribution in [0.2, 0.25) is 0 Å². The Labute approximate surface area is 129 Å². The summed E-state index contributed by atoms with van der Waals surface area (Å²) < 4.78 is 1.56. The number of anilines is 1. The van der Waals surface area contributed by atoms with Crippen LogP contribution in [0, 0.1) is 13.8 Å². The predicted octanol–water partition coefficient (Wildman–Crippen LogP) is 1.81. The summed E-state index contributed by atoms with van der Waals surface area (Å²) in [5, 5.41) is 1.31. The van der Waals surface area contributed by atoms with E-state index in [4.69, 9.17) is 5.84 Å². The number of aromatic nitrogens is 3. The van der Waals surface area contributed by atoms with E-state index in [1.54, 1.807) is 10.6 Å². The van der Waals surface area contributed by atoms with Crippen LogP contribution in [-0.4, -0.2) is 21.1 Å². The van der Waals surface area contributed by atoms with E-state index in [9.17, 15) is 4.79 Å². The highest BCUT2D eigenvalue weighted by atomic mass is 16.1. The largest absolute Gasteiger partial charge is 0.352 e. The van der Waals surface area contributed by atoms with Gasteiger partial charge in [0.05, 0.1) is 6.54 Å². The first-order valence-electron chi connectivity index (χ1n) is 7.18. The van der Waals surface area contributed by atoms with Gasteiger partial charge in [0.2, 0.25) is 5.95 Å². The number of nitrogens with two attached hydrogens (primary N) is 1. The molecule has 0 atom stereocenters. The molecule has 2 aromatic rings. The molecule has 1 heterocycles. The van der Waals surface area contributed by atoms with Gasteiger partial charge in [0.25, 0.3) is 0 Å². The van der Waals surface area contributed by atoms with Crippen molar-refractivity contribution in [3.63, 3.8) is 0 Å². The van der Waals surface area contributed by atoms with Crippen LogP contribution >= 0.6 is 0 Å². The smallest absolute Gasteiger partial charge is 0.276 e. The average Bonchev–Trinajstić information content (AvgIpc) is 2.47. The maximum Gasteiger partial charge on any atom is 0.352 e. The molecule has 0 spiro atoms. The van der Waals surface area contributed by atoms with Crippen LogP contribution in [0.5, 0.6) is 0 Å². The van der Waals surface area contributed by atoms with E-state index in [1.165, 1.54) is 5.01 Å². The van der Waals surface area contributed by atoms with Crippen molar-refractivity contribution in [1.82, 2.24) is 14.5 Å². The van der Waals surface area contributed by atoms with Crippen LogP contribution in [0.4, 0.5) is 5.95 Å². The van der Waals surface area contributed by atoms with Gasteiger partial charge < -0.3 is 0 Å². The number of nitrogens with zero attached hydrogens (tertiary/aromatic N) is 4. The molecule has 0 aliphatic heterocycles. The Bertz CT molecular complexity index is 730. The van der Waals surface area contributed by atoms with Crippen LogP contribution in [0.25, 0.3) is 11.4 Å². The van der Waals surface area contributed by atoms with E-state index in [1.807, 2.05) is 39.0 Å². The van der Waals surface area contributed by atoms with Gasteiger partial charge in [-0.25, -0.2) is 10.6 Å². The Hall–Kier alpha value is -2.47. The molecule has 6 nitrogen and oxygen atoms in total. The molecule has 0 aliphatic carbocycles. The SMILES string of the molecule is C=CCN(N)c1nc(-c2c(C)cccc2C)n(CC)c(=O)n1. The topological polar surface area (TPSA) is 77.0 Å². The van der Waals surface area contributed by atoms with E-state index in [0.29, 0.717) is 18.9 Å². The molecule has 1 aromatic heterocycles. The fraction of sp³-hybridized carbons (Fsp3) is 0.312. The Balaban J connectivity index is 2.73. The number of rotatable bonds is 5. The fourth-order valence-corrected chi connectivity index (χ4v) is 2.41. The van der Waals surface area contributed by atoms with E-state index in [2.05, 4.69) is 16.5 Å². The van der Waals surface area contributed by atoms with Gasteiger partial charge in [-0.15, -0.1) is 6.58 Å². The molecule has 22 heavy (non-hydrogen) atoms. The second-order valence-electron chi connectivity index (χ2n) is 5.08. The molecule has 2 rings (SSSR count). The van der Waals surface area contributed by atoms with Gasteiger partial charge >= 0.3 is 5.69 Å². The van der Waals surface area contributed by atoms with Crippen LogP contribution in [-0.2, 0) is 6.54 Å². The minimum Gasteiger partial charge on any atom is -0.276 e. The van der Waals surface area contributed by atoms with Crippen LogP contribution < -0.4 is 16.5 Å². The molecule has 0 radical (unpaired) electrons. The van der Waals surface area contributed by atoms with E-state index in [0.717, 1.165) is 16.7 Å². The van der Waals surface area contributed by atoms with E-state index in [-0.39, 0.29) is 11.6 Å². The van der Waals surface area contributed by atoms with Crippen molar-refractivity contribution in [2.45, 2.75) is 27.3 Å². The lowest BCUT2D eigenvalue weighted by atomic mass is 10.0. The molecule has 1 aromatic carbocycles. The zero-order valence-electron chi connectivity index (χ0n) is 13.2. The zero-order valence-corrected chi connectivity index (χ0v) is 13.2. The summed E-state index contributed by atoms with van der Waals surface area (Å²) in [5.74, 6) is 6.67. The number of hydrogen-bond acceptors (Lipinski definition) is 5. The third-order valence-corrected chi connectivity index (χ3v) is 3.49. The summed E-state index contributed by atoms with van der Waals surface area (Å²) in [6, 6.07) is 5.98. The molecular formula is C16H21N5O. The minimum atomic E-state index is -0.357. The van der Waals surface area contributed by atoms with Crippen molar-refractivity contribution in [3.05, 3.63) is 52.5 Å². The lowest BCUT2D eigenvalue weighted by Gasteiger charge is -2.18. The molecule has 0 amide bonds. The van der Waals surface area contributed by atoms with Crippen molar-refractivity contribution in [3.8, 4) is 11.4 Å². The molecule has 0 saturated heterocycles. The summed E-state index contributed by atoms with van der Waals surface area (Å²) in [4.78, 5) is 20.8. The quantitative estimate of drug-likeness (QED) is 0.517. The third-order valence-electron chi connectivity index (χ3n) is 3.49. The zero-order chi connectivity index (χ0) is 16.3. The molecule has 0 aliphatic rings. The van der Waals surface area contributed by atoms with Crippen molar-refractivity contribution in [2.24, 2.45) is 5.84 Å². The first kappa shape index (κ1) is 15.9. The first-order chi connectivity index (χ1) is 10.5. The van der Waals surface area contributed by atoms with Crippen molar-refractivity contribution < 1.29 is 0 Å². The number of benzene rings is 1. The van der Waals surface area contributed by atoms with Crippen LogP contribution in [0.1, 0.15) is 18.1 Å². The Morgan fingerprint density at radius 2 is 1.95 bits per heavy atom. The molecule has 2 N–H and O–H groups in total. The lowest BCUT2D eigenvalue weighted by Crippen LogP contribution is -2.36. The number of aryl methyl sites for hydroxylation is 2. The van der Waals surface area contributed by atoms with Crippen molar-refractivity contribution in [2.75, 3.05) is 11.6 Å². The van der Waals surface area contributed by atoms with Gasteiger partial charge in [-0.3, -0.25) is 9.58 Å². The van der Waals surface area contributed by atoms with Gasteiger partial charge in [-0.2, -0.15) is 9.97 Å². The Kier molecular flexibility index (Phi) is 4.72. The van der Waals surface area contributed by atoms with E-state index >= 15 is 0 Å². The molecule has 0 bridgehead atoms. The molecular weight excluding hydrogens is 278 g/mol. The summed E-state index contributed by atoms with van der Waals surface area (Å²) in [6.45, 7) is 10.4. The maximum atomic E-state index is 12.3.